The standard InChI is InChI=1S/C15H14O3S/c1-11-2-8-14(9-3-11)19(18)10-12-4-6-13(7-5-12)15(16)17/h2-9H,10H2,1H3,(H,16,17). The van der Waals surface area contributed by atoms with E-state index in [1.54, 1.807) is 12.1 Å². The molecule has 0 radical (unpaired) electrons. The van der Waals surface area contributed by atoms with E-state index < -0.39 is 16.8 Å². The normalized spacial score (nSPS) is 12.1. The van der Waals surface area contributed by atoms with E-state index in [4.69, 9.17) is 5.11 Å². The molecule has 2 rings (SSSR count). The van der Waals surface area contributed by atoms with Gasteiger partial charge in [-0.05, 0) is 36.8 Å². The van der Waals surface area contributed by atoms with Crippen LogP contribution in [-0.2, 0) is 16.6 Å². The van der Waals surface area contributed by atoms with Crippen molar-refractivity contribution in [1.29, 1.82) is 0 Å². The molecule has 19 heavy (non-hydrogen) atoms. The summed E-state index contributed by atoms with van der Waals surface area (Å²) in [5.74, 6) is -0.561. The molecule has 0 spiro atoms. The van der Waals surface area contributed by atoms with Crippen LogP contribution in [0.2, 0.25) is 0 Å². The van der Waals surface area contributed by atoms with E-state index in [0.29, 0.717) is 5.75 Å². The smallest absolute Gasteiger partial charge is 0.335 e. The zero-order valence-corrected chi connectivity index (χ0v) is 11.3. The van der Waals surface area contributed by atoms with Crippen molar-refractivity contribution in [2.45, 2.75) is 17.6 Å². The molecule has 0 amide bonds. The van der Waals surface area contributed by atoms with E-state index in [1.807, 2.05) is 31.2 Å². The lowest BCUT2D eigenvalue weighted by atomic mass is 10.1. The van der Waals surface area contributed by atoms with Crippen molar-refractivity contribution in [3.63, 3.8) is 0 Å². The molecule has 1 N–H and O–H groups in total. The fourth-order valence-electron chi connectivity index (χ4n) is 1.67. The second-order valence-electron chi connectivity index (χ2n) is 4.30. The van der Waals surface area contributed by atoms with E-state index in [2.05, 4.69) is 0 Å². The highest BCUT2D eigenvalue weighted by atomic mass is 32.2. The summed E-state index contributed by atoms with van der Waals surface area (Å²) in [6.45, 7) is 1.98. The quantitative estimate of drug-likeness (QED) is 0.932. The van der Waals surface area contributed by atoms with Crippen LogP contribution in [0.1, 0.15) is 21.5 Å². The largest absolute Gasteiger partial charge is 0.478 e. The number of rotatable bonds is 4. The average Bonchev–Trinajstić information content (AvgIpc) is 2.40. The highest BCUT2D eigenvalue weighted by molar-refractivity contribution is 7.84. The average molecular weight is 274 g/mol. The SMILES string of the molecule is Cc1ccc(S(=O)Cc2ccc(C(=O)O)cc2)cc1. The van der Waals surface area contributed by atoms with Crippen LogP contribution in [0, 0.1) is 6.92 Å². The summed E-state index contributed by atoms with van der Waals surface area (Å²) in [5.41, 5.74) is 2.24. The minimum atomic E-state index is -1.11. The fraction of sp³-hybridized carbons (Fsp3) is 0.133. The maximum Gasteiger partial charge on any atom is 0.335 e. The minimum absolute atomic E-state index is 0.241. The van der Waals surface area contributed by atoms with Gasteiger partial charge in [0.1, 0.15) is 0 Å². The number of benzene rings is 2. The van der Waals surface area contributed by atoms with Gasteiger partial charge in [-0.25, -0.2) is 4.79 Å². The first-order valence-corrected chi connectivity index (χ1v) is 7.15. The van der Waals surface area contributed by atoms with Crippen molar-refractivity contribution in [3.05, 3.63) is 65.2 Å². The van der Waals surface area contributed by atoms with Crippen LogP contribution in [0.4, 0.5) is 0 Å². The molecule has 0 saturated heterocycles. The van der Waals surface area contributed by atoms with Gasteiger partial charge < -0.3 is 5.11 Å². The first kappa shape index (κ1) is 13.5. The Labute approximate surface area is 114 Å². The van der Waals surface area contributed by atoms with Crippen LogP contribution in [0.3, 0.4) is 0 Å². The molecule has 0 aliphatic rings. The van der Waals surface area contributed by atoms with Gasteiger partial charge in [-0.3, -0.25) is 4.21 Å². The Morgan fingerprint density at radius 2 is 1.63 bits per heavy atom. The Morgan fingerprint density at radius 3 is 2.16 bits per heavy atom. The van der Waals surface area contributed by atoms with Crippen molar-refractivity contribution in [2.75, 3.05) is 0 Å². The monoisotopic (exact) mass is 274 g/mol. The topological polar surface area (TPSA) is 54.4 Å². The maximum absolute atomic E-state index is 12.1. The number of carbonyl (C=O) groups is 1. The predicted molar refractivity (Wildman–Crippen MR) is 74.7 cm³/mol. The van der Waals surface area contributed by atoms with Gasteiger partial charge in [0.25, 0.3) is 0 Å². The minimum Gasteiger partial charge on any atom is -0.478 e. The zero-order valence-electron chi connectivity index (χ0n) is 10.5. The summed E-state index contributed by atoms with van der Waals surface area (Å²) < 4.78 is 12.1. The van der Waals surface area contributed by atoms with Crippen molar-refractivity contribution in [1.82, 2.24) is 0 Å². The first-order chi connectivity index (χ1) is 9.06. The van der Waals surface area contributed by atoms with Crippen molar-refractivity contribution in [2.24, 2.45) is 0 Å². The second kappa shape index (κ2) is 5.80. The van der Waals surface area contributed by atoms with E-state index in [1.165, 1.54) is 12.1 Å². The number of aromatic carboxylic acids is 1. The molecule has 0 aliphatic carbocycles. The van der Waals surface area contributed by atoms with Gasteiger partial charge >= 0.3 is 5.97 Å². The van der Waals surface area contributed by atoms with Gasteiger partial charge in [0.05, 0.1) is 22.1 Å². The van der Waals surface area contributed by atoms with E-state index in [9.17, 15) is 9.00 Å². The van der Waals surface area contributed by atoms with Crippen LogP contribution in [0.5, 0.6) is 0 Å². The Balaban J connectivity index is 2.10. The third-order valence-corrected chi connectivity index (χ3v) is 4.18. The van der Waals surface area contributed by atoms with Gasteiger partial charge in [-0.15, -0.1) is 0 Å². The second-order valence-corrected chi connectivity index (χ2v) is 5.76. The van der Waals surface area contributed by atoms with Crippen LogP contribution in [-0.4, -0.2) is 15.3 Å². The van der Waals surface area contributed by atoms with E-state index >= 15 is 0 Å². The molecule has 1 atom stereocenters. The zero-order chi connectivity index (χ0) is 13.8. The Morgan fingerprint density at radius 1 is 1.05 bits per heavy atom. The number of carboxylic acid groups (broad SMARTS) is 1. The van der Waals surface area contributed by atoms with Gasteiger partial charge in [0.2, 0.25) is 0 Å². The van der Waals surface area contributed by atoms with Gasteiger partial charge in [0, 0.05) is 4.90 Å². The molecule has 4 heteroatoms. The molecule has 1 unspecified atom stereocenters. The Kier molecular flexibility index (Phi) is 4.12. The molecule has 2 aromatic carbocycles. The van der Waals surface area contributed by atoms with Crippen molar-refractivity contribution >= 4 is 16.8 Å². The van der Waals surface area contributed by atoms with Crippen LogP contribution >= 0.6 is 0 Å². The predicted octanol–water partition coefficient (Wildman–Crippen LogP) is 3.00. The van der Waals surface area contributed by atoms with Crippen LogP contribution in [0.25, 0.3) is 0 Å². The van der Waals surface area contributed by atoms with Gasteiger partial charge in [0.15, 0.2) is 0 Å². The van der Waals surface area contributed by atoms with E-state index in [-0.39, 0.29) is 5.56 Å². The molecule has 98 valence electrons. The van der Waals surface area contributed by atoms with Gasteiger partial charge in [-0.2, -0.15) is 0 Å². The third kappa shape index (κ3) is 3.51. The molecular weight excluding hydrogens is 260 g/mol. The number of carboxylic acids is 1. The molecule has 0 heterocycles. The van der Waals surface area contributed by atoms with Crippen LogP contribution < -0.4 is 0 Å². The highest BCUT2D eigenvalue weighted by Crippen LogP contribution is 2.14. The Hall–Kier alpha value is -1.94. The summed E-state index contributed by atoms with van der Waals surface area (Å²) in [6, 6.07) is 14.1. The number of hydrogen-bond donors (Lipinski definition) is 1. The summed E-state index contributed by atoms with van der Waals surface area (Å²) in [7, 11) is -1.11. The molecular formula is C15H14O3S. The molecule has 0 bridgehead atoms. The first-order valence-electron chi connectivity index (χ1n) is 5.83. The van der Waals surface area contributed by atoms with E-state index in [0.717, 1.165) is 16.0 Å². The number of aryl methyl sites for hydroxylation is 1. The lowest BCUT2D eigenvalue weighted by molar-refractivity contribution is 0.0697. The molecule has 0 aliphatic heterocycles. The van der Waals surface area contributed by atoms with Crippen molar-refractivity contribution in [3.8, 4) is 0 Å². The molecule has 0 fully saturated rings. The summed E-state index contributed by atoms with van der Waals surface area (Å²) >= 11 is 0. The molecule has 3 nitrogen and oxygen atoms in total. The molecule has 0 saturated carbocycles. The number of hydrogen-bond acceptors (Lipinski definition) is 2. The Bertz CT molecular complexity index is 600. The fourth-order valence-corrected chi connectivity index (χ4v) is 2.77. The summed E-state index contributed by atoms with van der Waals surface area (Å²) in [6.07, 6.45) is 0. The van der Waals surface area contributed by atoms with Crippen molar-refractivity contribution < 1.29 is 14.1 Å². The van der Waals surface area contributed by atoms with Gasteiger partial charge in [-0.1, -0.05) is 29.8 Å². The third-order valence-electron chi connectivity index (χ3n) is 2.78. The van der Waals surface area contributed by atoms with Crippen LogP contribution in [0.15, 0.2) is 53.4 Å². The highest BCUT2D eigenvalue weighted by Gasteiger charge is 2.06. The summed E-state index contributed by atoms with van der Waals surface area (Å²) in [5, 5.41) is 8.80. The maximum atomic E-state index is 12.1. The lowest BCUT2D eigenvalue weighted by Crippen LogP contribution is -1.99. The molecule has 2 aromatic rings. The summed E-state index contributed by atoms with van der Waals surface area (Å²) in [4.78, 5) is 11.5. The molecule has 0 aromatic heterocycles. The lowest BCUT2D eigenvalue weighted by Gasteiger charge is -2.04.